The summed E-state index contributed by atoms with van der Waals surface area (Å²) in [4.78, 5) is 52.9. The Labute approximate surface area is 306 Å². The van der Waals surface area contributed by atoms with Crippen molar-refractivity contribution in [1.82, 2.24) is 16.0 Å². The van der Waals surface area contributed by atoms with Crippen LogP contribution in [0.5, 0.6) is 5.75 Å². The van der Waals surface area contributed by atoms with Crippen LogP contribution in [-0.2, 0) is 32.0 Å². The average molecular weight is 755 g/mol. The second kappa shape index (κ2) is 21.4. The molecule has 1 saturated carbocycles. The van der Waals surface area contributed by atoms with E-state index in [0.717, 1.165) is 64.2 Å². The van der Waals surface area contributed by atoms with Crippen LogP contribution in [0, 0.1) is 35.0 Å². The number of aliphatic carboxylic acids is 1. The van der Waals surface area contributed by atoms with Crippen molar-refractivity contribution in [3.63, 3.8) is 0 Å². The van der Waals surface area contributed by atoms with E-state index in [0.29, 0.717) is 18.4 Å². The number of benzene rings is 2. The van der Waals surface area contributed by atoms with Crippen molar-refractivity contribution in [2.45, 2.75) is 134 Å². The lowest BCUT2D eigenvalue weighted by molar-refractivity contribution is -0.143. The number of halogens is 5. The molecule has 2 aromatic rings. The maximum Gasteiger partial charge on any atom is 0.326 e. The van der Waals surface area contributed by atoms with E-state index in [1.54, 1.807) is 12.1 Å². The van der Waals surface area contributed by atoms with E-state index in [1.807, 2.05) is 0 Å². The van der Waals surface area contributed by atoms with Gasteiger partial charge >= 0.3 is 5.97 Å². The Balaban J connectivity index is 1.88. The Morgan fingerprint density at radius 2 is 1.21 bits per heavy atom. The number of unbranched alkanes of at least 4 members (excludes halogenated alkanes) is 6. The summed E-state index contributed by atoms with van der Waals surface area (Å²) in [6, 6.07) is -0.0300. The van der Waals surface area contributed by atoms with Crippen LogP contribution in [0.2, 0.25) is 0 Å². The van der Waals surface area contributed by atoms with Crippen LogP contribution in [0.25, 0.3) is 0 Å². The minimum atomic E-state index is -2.41. The zero-order chi connectivity index (χ0) is 39.1. The van der Waals surface area contributed by atoms with E-state index in [-0.39, 0.29) is 30.9 Å². The average Bonchev–Trinajstić information content (AvgIpc) is 3.14. The van der Waals surface area contributed by atoms with Crippen molar-refractivity contribution in [2.75, 3.05) is 0 Å². The van der Waals surface area contributed by atoms with Crippen molar-refractivity contribution < 1.29 is 51.3 Å². The first-order valence-electron chi connectivity index (χ1n) is 18.4. The summed E-state index contributed by atoms with van der Waals surface area (Å²) < 4.78 is 72.0. The van der Waals surface area contributed by atoms with Crippen molar-refractivity contribution in [3.05, 3.63) is 64.5 Å². The summed E-state index contributed by atoms with van der Waals surface area (Å²) in [5.74, 6) is -15.8. The molecule has 0 saturated heterocycles. The predicted octanol–water partition coefficient (Wildman–Crippen LogP) is 5.85. The fourth-order valence-corrected chi connectivity index (χ4v) is 6.60. The molecule has 0 bridgehead atoms. The molecule has 15 heteroatoms. The van der Waals surface area contributed by atoms with Gasteiger partial charge < -0.3 is 31.9 Å². The molecule has 53 heavy (non-hydrogen) atoms. The third kappa shape index (κ3) is 13.3. The van der Waals surface area contributed by atoms with E-state index >= 15 is 0 Å². The van der Waals surface area contributed by atoms with Gasteiger partial charge in [-0.2, -0.15) is 0 Å². The maximum atomic E-state index is 14.9. The smallest absolute Gasteiger partial charge is 0.326 e. The van der Waals surface area contributed by atoms with E-state index in [2.05, 4.69) is 22.9 Å². The summed E-state index contributed by atoms with van der Waals surface area (Å²) in [5.41, 5.74) is 5.36. The summed E-state index contributed by atoms with van der Waals surface area (Å²) in [6.45, 7) is 2.08. The first-order valence-corrected chi connectivity index (χ1v) is 18.4. The molecule has 1 unspecified atom stereocenters. The summed E-state index contributed by atoms with van der Waals surface area (Å²) in [7, 11) is 0. The van der Waals surface area contributed by atoms with E-state index in [4.69, 9.17) is 5.73 Å². The molecule has 10 nitrogen and oxygen atoms in total. The lowest BCUT2D eigenvalue weighted by Gasteiger charge is -2.28. The van der Waals surface area contributed by atoms with Crippen molar-refractivity contribution in [1.29, 1.82) is 0 Å². The number of hydrogen-bond acceptors (Lipinski definition) is 6. The Morgan fingerprint density at radius 3 is 1.79 bits per heavy atom. The van der Waals surface area contributed by atoms with E-state index in [9.17, 15) is 51.3 Å². The van der Waals surface area contributed by atoms with E-state index < -0.39 is 88.9 Å². The van der Waals surface area contributed by atoms with Gasteiger partial charge in [-0.05, 0) is 42.9 Å². The lowest BCUT2D eigenvalue weighted by atomic mass is 9.84. The Kier molecular flexibility index (Phi) is 17.4. The van der Waals surface area contributed by atoms with Crippen molar-refractivity contribution in [3.8, 4) is 5.75 Å². The van der Waals surface area contributed by atoms with E-state index in [1.165, 1.54) is 12.1 Å². The zero-order valence-electron chi connectivity index (χ0n) is 30.0. The number of nitrogens with one attached hydrogen (secondary N) is 3. The number of amides is 3. The highest BCUT2D eigenvalue weighted by Crippen LogP contribution is 2.28. The molecule has 0 heterocycles. The van der Waals surface area contributed by atoms with Crippen LogP contribution in [0.3, 0.4) is 0 Å². The summed E-state index contributed by atoms with van der Waals surface area (Å²) >= 11 is 0. The molecule has 1 fully saturated rings. The van der Waals surface area contributed by atoms with Gasteiger partial charge in [0.1, 0.15) is 23.9 Å². The van der Waals surface area contributed by atoms with Gasteiger partial charge in [0.15, 0.2) is 23.3 Å². The number of nitrogens with two attached hydrogens (primary N) is 1. The standard InChI is InChI=1S/C38H51F5N4O6/c1-2-3-4-5-6-7-11-14-27(45-35(49)26(44)19-23-15-17-24(48)18-16-23)36(50)46-28(21-25-30(39)32(41)34(43)33(42)31(25)40)37(51)47-29(38(52)53)20-22-12-9-8-10-13-22/h15-18,22,26-29,48H,2-14,19-21,44H2,1H3,(H,45,49)(H,46,50)(H,47,51)(H,52,53)/t26-,27?,28+,29+/m0/s1. The van der Waals surface area contributed by atoms with Crippen LogP contribution >= 0.6 is 0 Å². The molecule has 7 N–H and O–H groups in total. The topological polar surface area (TPSA) is 171 Å². The van der Waals surface area contributed by atoms with Crippen LogP contribution in [0.15, 0.2) is 24.3 Å². The largest absolute Gasteiger partial charge is 0.508 e. The second-order valence-corrected chi connectivity index (χ2v) is 13.9. The number of carboxylic acid groups (broad SMARTS) is 1. The van der Waals surface area contributed by atoms with Gasteiger partial charge in [-0.1, -0.05) is 96.1 Å². The van der Waals surface area contributed by atoms with Crippen LogP contribution in [-0.4, -0.2) is 58.1 Å². The first-order chi connectivity index (χ1) is 25.2. The fraction of sp³-hybridized carbons (Fsp3) is 0.579. The molecule has 2 aromatic carbocycles. The molecule has 3 amide bonds. The SMILES string of the molecule is CCCCCCCCCC(NC(=O)[C@@H](N)Cc1ccc(O)cc1)C(=O)N[C@H](Cc1c(F)c(F)c(F)c(F)c1F)C(=O)N[C@H](CC1CCCCC1)C(=O)O. The molecule has 0 aromatic heterocycles. The maximum absolute atomic E-state index is 14.9. The number of aromatic hydroxyl groups is 1. The second-order valence-electron chi connectivity index (χ2n) is 13.9. The molecule has 1 aliphatic rings. The molecular weight excluding hydrogens is 703 g/mol. The number of carbonyl (C=O) groups excluding carboxylic acids is 3. The first kappa shape index (κ1) is 43.1. The normalized spacial score (nSPS) is 15.6. The molecule has 294 valence electrons. The highest BCUT2D eigenvalue weighted by Gasteiger charge is 2.35. The minimum Gasteiger partial charge on any atom is -0.508 e. The van der Waals surface area contributed by atoms with Gasteiger partial charge in [-0.3, -0.25) is 14.4 Å². The number of phenols is 1. The quantitative estimate of drug-likeness (QED) is 0.0402. The zero-order valence-corrected chi connectivity index (χ0v) is 30.0. The Hall–Kier alpha value is -4.27. The van der Waals surface area contributed by atoms with Gasteiger partial charge in [0, 0.05) is 12.0 Å². The van der Waals surface area contributed by atoms with Crippen LogP contribution < -0.4 is 21.7 Å². The van der Waals surface area contributed by atoms with Gasteiger partial charge in [0.2, 0.25) is 23.5 Å². The molecule has 0 spiro atoms. The number of rotatable bonds is 21. The summed E-state index contributed by atoms with van der Waals surface area (Å²) in [6.07, 6.45) is 9.09. The van der Waals surface area contributed by atoms with Crippen molar-refractivity contribution >= 4 is 23.7 Å². The molecule has 0 radical (unpaired) electrons. The van der Waals surface area contributed by atoms with Gasteiger partial charge in [0.25, 0.3) is 0 Å². The monoisotopic (exact) mass is 754 g/mol. The molecule has 1 aliphatic carbocycles. The van der Waals surface area contributed by atoms with Crippen molar-refractivity contribution in [2.24, 2.45) is 11.7 Å². The molecule has 3 rings (SSSR count). The van der Waals surface area contributed by atoms with Gasteiger partial charge in [-0.15, -0.1) is 0 Å². The lowest BCUT2D eigenvalue weighted by Crippen LogP contribution is -2.58. The minimum absolute atomic E-state index is 0.00586. The molecular formula is C38H51F5N4O6. The molecule has 0 aliphatic heterocycles. The third-order valence-corrected chi connectivity index (χ3v) is 9.71. The molecule has 4 atom stereocenters. The van der Waals surface area contributed by atoms with Crippen LogP contribution in [0.1, 0.15) is 108 Å². The number of phenolic OH excluding ortho intramolecular Hbond substituents is 1. The number of carbonyl (C=O) groups is 4. The third-order valence-electron chi connectivity index (χ3n) is 9.71. The highest BCUT2D eigenvalue weighted by atomic mass is 19.2. The predicted molar refractivity (Wildman–Crippen MR) is 187 cm³/mol. The highest BCUT2D eigenvalue weighted by molar-refractivity contribution is 5.94. The summed E-state index contributed by atoms with van der Waals surface area (Å²) in [5, 5.41) is 26.6. The van der Waals surface area contributed by atoms with Crippen LogP contribution in [0.4, 0.5) is 22.0 Å². The Bertz CT molecular complexity index is 1510. The van der Waals surface area contributed by atoms with Gasteiger partial charge in [0.05, 0.1) is 6.04 Å². The Morgan fingerprint density at radius 1 is 0.698 bits per heavy atom. The van der Waals surface area contributed by atoms with Gasteiger partial charge in [-0.25, -0.2) is 26.7 Å². The number of hydrogen-bond donors (Lipinski definition) is 6. The number of carboxylic acids is 1. The fourth-order valence-electron chi connectivity index (χ4n) is 6.60.